The van der Waals surface area contributed by atoms with Crippen LogP contribution in [0.2, 0.25) is 5.02 Å². The van der Waals surface area contributed by atoms with E-state index in [1.165, 1.54) is 4.90 Å². The maximum absolute atomic E-state index is 12.3. The summed E-state index contributed by atoms with van der Waals surface area (Å²) in [4.78, 5) is 25.8. The van der Waals surface area contributed by atoms with Crippen molar-refractivity contribution in [3.8, 4) is 0 Å². The fourth-order valence-corrected chi connectivity index (χ4v) is 2.80. The van der Waals surface area contributed by atoms with Gasteiger partial charge in [0.25, 0.3) is 0 Å². The molecule has 0 fully saturated rings. The number of carbonyl (C=O) groups is 2. The van der Waals surface area contributed by atoms with E-state index in [2.05, 4.69) is 10.6 Å². The number of halogens is 1. The van der Waals surface area contributed by atoms with Crippen molar-refractivity contribution in [2.75, 3.05) is 24.2 Å². The molecule has 0 unspecified atom stereocenters. The summed E-state index contributed by atoms with van der Waals surface area (Å²) < 4.78 is 0. The third-order valence-electron chi connectivity index (χ3n) is 3.78. The minimum atomic E-state index is -0.402. The number of amides is 3. The summed E-state index contributed by atoms with van der Waals surface area (Å²) in [5.41, 5.74) is 4.43. The zero-order valence-electron chi connectivity index (χ0n) is 14.8. The summed E-state index contributed by atoms with van der Waals surface area (Å²) in [5.74, 6) is -0.258. The molecule has 0 spiro atoms. The molecule has 0 saturated carbocycles. The van der Waals surface area contributed by atoms with Gasteiger partial charge in [-0.15, -0.1) is 0 Å². The number of carbonyl (C=O) groups excluding carboxylic acids is 2. The molecule has 0 aliphatic heterocycles. The summed E-state index contributed by atoms with van der Waals surface area (Å²) >= 11 is 6.02. The number of likely N-dealkylation sites (N-methyl/N-ethyl adjacent to an activating group) is 1. The Labute approximate surface area is 153 Å². The van der Waals surface area contributed by atoms with Crippen molar-refractivity contribution in [1.82, 2.24) is 4.90 Å². The quantitative estimate of drug-likeness (QED) is 0.851. The molecule has 0 bridgehead atoms. The second-order valence-electron chi connectivity index (χ2n) is 6.09. The maximum Gasteiger partial charge on any atom is 0.322 e. The first kappa shape index (κ1) is 18.8. The van der Waals surface area contributed by atoms with E-state index in [4.69, 9.17) is 11.6 Å². The van der Waals surface area contributed by atoms with Crippen LogP contribution in [0.25, 0.3) is 0 Å². The molecule has 2 rings (SSSR count). The predicted octanol–water partition coefficient (Wildman–Crippen LogP) is 4.37. The number of benzene rings is 2. The van der Waals surface area contributed by atoms with Crippen LogP contribution in [0.1, 0.15) is 16.7 Å². The number of hydrogen-bond donors (Lipinski definition) is 2. The molecule has 25 heavy (non-hydrogen) atoms. The van der Waals surface area contributed by atoms with Crippen molar-refractivity contribution in [3.63, 3.8) is 0 Å². The van der Waals surface area contributed by atoms with E-state index in [0.29, 0.717) is 10.7 Å². The molecule has 0 saturated heterocycles. The van der Waals surface area contributed by atoms with Crippen molar-refractivity contribution < 1.29 is 9.59 Å². The molecule has 0 aromatic heterocycles. The van der Waals surface area contributed by atoms with Gasteiger partial charge in [0.1, 0.15) is 6.54 Å². The number of nitrogens with zero attached hydrogens (tertiary/aromatic N) is 1. The lowest BCUT2D eigenvalue weighted by Gasteiger charge is -2.19. The minimum Gasteiger partial charge on any atom is -0.324 e. The third-order valence-corrected chi connectivity index (χ3v) is 4.11. The second-order valence-corrected chi connectivity index (χ2v) is 6.50. The van der Waals surface area contributed by atoms with Crippen LogP contribution in [0, 0.1) is 20.8 Å². The van der Waals surface area contributed by atoms with Gasteiger partial charge in [-0.2, -0.15) is 0 Å². The second kappa shape index (κ2) is 8.03. The monoisotopic (exact) mass is 359 g/mol. The van der Waals surface area contributed by atoms with E-state index in [-0.39, 0.29) is 12.5 Å². The summed E-state index contributed by atoms with van der Waals surface area (Å²) in [7, 11) is 1.56. The first-order valence-electron chi connectivity index (χ1n) is 7.92. The van der Waals surface area contributed by atoms with Crippen LogP contribution in [0.5, 0.6) is 0 Å². The van der Waals surface area contributed by atoms with Crippen molar-refractivity contribution in [2.24, 2.45) is 0 Å². The first-order valence-corrected chi connectivity index (χ1v) is 8.30. The molecule has 0 atom stereocenters. The van der Waals surface area contributed by atoms with Gasteiger partial charge in [-0.1, -0.05) is 41.4 Å². The van der Waals surface area contributed by atoms with Crippen LogP contribution in [0.4, 0.5) is 16.2 Å². The Morgan fingerprint density at radius 3 is 2.24 bits per heavy atom. The fraction of sp³-hybridized carbons (Fsp3) is 0.263. The van der Waals surface area contributed by atoms with Crippen molar-refractivity contribution in [2.45, 2.75) is 20.8 Å². The Morgan fingerprint density at radius 1 is 1.04 bits per heavy atom. The van der Waals surface area contributed by atoms with E-state index < -0.39 is 6.03 Å². The maximum atomic E-state index is 12.3. The van der Waals surface area contributed by atoms with Gasteiger partial charge in [0.05, 0.1) is 10.7 Å². The van der Waals surface area contributed by atoms with Gasteiger partial charge in [-0.05, 0) is 44.0 Å². The smallest absolute Gasteiger partial charge is 0.322 e. The minimum absolute atomic E-state index is 0.0664. The Kier molecular flexibility index (Phi) is 6.04. The number of para-hydroxylation sites is 1. The molecular weight excluding hydrogens is 338 g/mol. The van der Waals surface area contributed by atoms with Gasteiger partial charge in [0, 0.05) is 12.7 Å². The van der Waals surface area contributed by atoms with Crippen LogP contribution >= 0.6 is 11.6 Å². The van der Waals surface area contributed by atoms with Gasteiger partial charge in [-0.25, -0.2) is 4.79 Å². The van der Waals surface area contributed by atoms with Crippen LogP contribution in [-0.4, -0.2) is 30.4 Å². The predicted molar refractivity (Wildman–Crippen MR) is 102 cm³/mol. The molecule has 5 nitrogen and oxygen atoms in total. The lowest BCUT2D eigenvalue weighted by molar-refractivity contribution is -0.116. The number of aryl methyl sites for hydroxylation is 3. The summed E-state index contributed by atoms with van der Waals surface area (Å²) in [6.07, 6.45) is 0. The first-order chi connectivity index (χ1) is 11.8. The van der Waals surface area contributed by atoms with Gasteiger partial charge >= 0.3 is 6.03 Å². The normalized spacial score (nSPS) is 10.3. The SMILES string of the molecule is Cc1cc(C)c(NC(=O)CN(C)C(=O)Nc2ccccc2Cl)c(C)c1. The zero-order chi connectivity index (χ0) is 18.6. The topological polar surface area (TPSA) is 61.4 Å². The molecular formula is C19H22ClN3O2. The average molecular weight is 360 g/mol. The lowest BCUT2D eigenvalue weighted by atomic mass is 10.1. The largest absolute Gasteiger partial charge is 0.324 e. The molecule has 3 amide bonds. The van der Waals surface area contributed by atoms with Gasteiger partial charge < -0.3 is 15.5 Å². The Morgan fingerprint density at radius 2 is 1.64 bits per heavy atom. The van der Waals surface area contributed by atoms with Crippen molar-refractivity contribution in [1.29, 1.82) is 0 Å². The molecule has 0 aliphatic rings. The number of rotatable bonds is 4. The average Bonchev–Trinajstić information content (AvgIpc) is 2.53. The van der Waals surface area contributed by atoms with E-state index >= 15 is 0 Å². The van der Waals surface area contributed by atoms with Crippen molar-refractivity contribution >= 4 is 34.9 Å². The number of urea groups is 1. The summed E-state index contributed by atoms with van der Waals surface area (Å²) in [5, 5.41) is 6.01. The molecule has 0 aliphatic carbocycles. The number of anilines is 2. The van der Waals surface area contributed by atoms with Crippen LogP contribution < -0.4 is 10.6 Å². The molecule has 2 aromatic rings. The molecule has 0 heterocycles. The highest BCUT2D eigenvalue weighted by Crippen LogP contribution is 2.22. The van der Waals surface area contributed by atoms with E-state index in [9.17, 15) is 9.59 Å². The fourth-order valence-electron chi connectivity index (χ4n) is 2.62. The Bertz CT molecular complexity index is 782. The highest BCUT2D eigenvalue weighted by molar-refractivity contribution is 6.33. The summed E-state index contributed by atoms with van der Waals surface area (Å²) in [6, 6.07) is 10.6. The molecule has 132 valence electrons. The summed E-state index contributed by atoms with van der Waals surface area (Å²) in [6.45, 7) is 5.84. The standard InChI is InChI=1S/C19H22ClN3O2/c1-12-9-13(2)18(14(3)10-12)22-17(24)11-23(4)19(25)21-16-8-6-5-7-15(16)20/h5-10H,11H2,1-4H3,(H,21,25)(H,22,24). The zero-order valence-corrected chi connectivity index (χ0v) is 15.6. The van der Waals surface area contributed by atoms with Crippen LogP contribution in [0.3, 0.4) is 0 Å². The lowest BCUT2D eigenvalue weighted by Crippen LogP contribution is -2.37. The van der Waals surface area contributed by atoms with Crippen molar-refractivity contribution in [3.05, 3.63) is 58.1 Å². The van der Waals surface area contributed by atoms with Gasteiger partial charge in [0.2, 0.25) is 5.91 Å². The molecule has 2 N–H and O–H groups in total. The highest BCUT2D eigenvalue weighted by Gasteiger charge is 2.15. The van der Waals surface area contributed by atoms with Crippen LogP contribution in [0.15, 0.2) is 36.4 Å². The van der Waals surface area contributed by atoms with E-state index in [1.54, 1.807) is 31.3 Å². The van der Waals surface area contributed by atoms with E-state index in [1.807, 2.05) is 32.9 Å². The van der Waals surface area contributed by atoms with Gasteiger partial charge in [-0.3, -0.25) is 4.79 Å². The third kappa shape index (κ3) is 4.97. The Hall–Kier alpha value is -2.53. The van der Waals surface area contributed by atoms with E-state index in [0.717, 1.165) is 22.4 Å². The highest BCUT2D eigenvalue weighted by atomic mass is 35.5. The number of nitrogens with one attached hydrogen (secondary N) is 2. The number of hydrogen-bond acceptors (Lipinski definition) is 2. The molecule has 2 aromatic carbocycles. The molecule has 6 heteroatoms. The molecule has 0 radical (unpaired) electrons. The van der Waals surface area contributed by atoms with Gasteiger partial charge in [0.15, 0.2) is 0 Å². The Balaban J connectivity index is 1.98. The van der Waals surface area contributed by atoms with Crippen LogP contribution in [-0.2, 0) is 4.79 Å².